The Bertz CT molecular complexity index is 457. The number of methoxy groups -OCH3 is 1. The summed E-state index contributed by atoms with van der Waals surface area (Å²) in [5.74, 6) is -1.12. The van der Waals surface area contributed by atoms with E-state index in [4.69, 9.17) is 9.84 Å². The van der Waals surface area contributed by atoms with Crippen LogP contribution in [0.25, 0.3) is 0 Å². The lowest BCUT2D eigenvalue weighted by molar-refractivity contribution is -0.141. The number of carbonyl (C=O) groups is 2. The quantitative estimate of drug-likeness (QED) is 0.901. The molecule has 0 aromatic carbocycles. The highest BCUT2D eigenvalue weighted by Crippen LogP contribution is 2.25. The zero-order chi connectivity index (χ0) is 13.1. The van der Waals surface area contributed by atoms with Gasteiger partial charge in [-0.3, -0.25) is 4.79 Å². The van der Waals surface area contributed by atoms with Gasteiger partial charge in [-0.1, -0.05) is 0 Å². The van der Waals surface area contributed by atoms with E-state index < -0.39 is 12.0 Å². The van der Waals surface area contributed by atoms with Crippen molar-refractivity contribution >= 4 is 23.2 Å². The number of ether oxygens (including phenoxy) is 1. The molecule has 1 saturated heterocycles. The highest BCUT2D eigenvalue weighted by molar-refractivity contribution is 7.12. The molecule has 1 aliphatic heterocycles. The molecule has 2 heterocycles. The number of hydrogen-bond acceptors (Lipinski definition) is 4. The predicted octanol–water partition coefficient (Wildman–Crippen LogP) is 1.58. The molecule has 98 valence electrons. The zero-order valence-corrected chi connectivity index (χ0v) is 10.9. The number of amides is 1. The first-order valence-corrected chi connectivity index (χ1v) is 6.62. The first-order valence-electron chi connectivity index (χ1n) is 5.74. The molecule has 1 amide bonds. The molecular weight excluding hydrogens is 254 g/mol. The van der Waals surface area contributed by atoms with E-state index in [1.807, 2.05) is 11.4 Å². The molecule has 1 fully saturated rings. The minimum Gasteiger partial charge on any atom is -0.480 e. The van der Waals surface area contributed by atoms with Gasteiger partial charge in [-0.25, -0.2) is 4.79 Å². The van der Waals surface area contributed by atoms with Gasteiger partial charge < -0.3 is 14.7 Å². The number of nitrogens with zero attached hydrogens (tertiary/aromatic N) is 1. The van der Waals surface area contributed by atoms with Crippen LogP contribution in [0.5, 0.6) is 0 Å². The van der Waals surface area contributed by atoms with Crippen LogP contribution in [0.1, 0.15) is 28.1 Å². The molecule has 18 heavy (non-hydrogen) atoms. The Hall–Kier alpha value is -1.40. The van der Waals surface area contributed by atoms with Gasteiger partial charge in [0, 0.05) is 19.2 Å². The third-order valence-corrected chi connectivity index (χ3v) is 3.98. The third kappa shape index (κ3) is 2.39. The van der Waals surface area contributed by atoms with E-state index in [2.05, 4.69) is 0 Å². The number of thiophene rings is 1. The second-order valence-electron chi connectivity index (χ2n) is 4.20. The summed E-state index contributed by atoms with van der Waals surface area (Å²) in [7, 11) is 1.57. The van der Waals surface area contributed by atoms with E-state index in [1.54, 1.807) is 7.11 Å². The van der Waals surface area contributed by atoms with Crippen molar-refractivity contribution in [1.82, 2.24) is 4.90 Å². The van der Waals surface area contributed by atoms with Crippen LogP contribution in [0, 0.1) is 0 Å². The topological polar surface area (TPSA) is 66.8 Å². The molecule has 0 saturated carbocycles. The van der Waals surface area contributed by atoms with Crippen LogP contribution in [-0.4, -0.2) is 41.6 Å². The lowest BCUT2D eigenvalue weighted by Crippen LogP contribution is -2.40. The standard InChI is InChI=1S/C12H15NO4S/c1-17-7-8-4-6-18-10(8)11(14)13-5-2-3-9(13)12(15)16/h4,6,9H,2-3,5,7H2,1H3,(H,15,16)/t9-/m1/s1. The Balaban J connectivity index is 2.20. The van der Waals surface area contributed by atoms with Gasteiger partial charge in [0.25, 0.3) is 5.91 Å². The molecule has 1 N–H and O–H groups in total. The number of likely N-dealkylation sites (tertiary alicyclic amines) is 1. The van der Waals surface area contributed by atoms with E-state index in [9.17, 15) is 9.59 Å². The van der Waals surface area contributed by atoms with Gasteiger partial charge in [0.2, 0.25) is 0 Å². The van der Waals surface area contributed by atoms with Gasteiger partial charge in [0.15, 0.2) is 0 Å². The SMILES string of the molecule is COCc1ccsc1C(=O)N1CCC[C@@H]1C(=O)O. The maximum Gasteiger partial charge on any atom is 0.326 e. The lowest BCUT2D eigenvalue weighted by Gasteiger charge is -2.21. The largest absolute Gasteiger partial charge is 0.480 e. The van der Waals surface area contributed by atoms with Crippen molar-refractivity contribution in [3.63, 3.8) is 0 Å². The fourth-order valence-electron chi connectivity index (χ4n) is 2.19. The summed E-state index contributed by atoms with van der Waals surface area (Å²) in [6, 6.07) is 1.16. The Morgan fingerprint density at radius 1 is 1.61 bits per heavy atom. The number of carbonyl (C=O) groups excluding carboxylic acids is 1. The maximum atomic E-state index is 12.3. The molecule has 0 radical (unpaired) electrons. The van der Waals surface area contributed by atoms with Gasteiger partial charge in [-0.05, 0) is 24.3 Å². The summed E-state index contributed by atoms with van der Waals surface area (Å²) in [6.45, 7) is 0.885. The average molecular weight is 269 g/mol. The number of rotatable bonds is 4. The summed E-state index contributed by atoms with van der Waals surface area (Å²) in [5.41, 5.74) is 0.823. The van der Waals surface area contributed by atoms with Crippen LogP contribution >= 0.6 is 11.3 Å². The fourth-order valence-corrected chi connectivity index (χ4v) is 3.05. The van der Waals surface area contributed by atoms with Gasteiger partial charge in [-0.2, -0.15) is 0 Å². The highest BCUT2D eigenvalue weighted by Gasteiger charge is 2.35. The maximum absolute atomic E-state index is 12.3. The van der Waals surface area contributed by atoms with Crippen molar-refractivity contribution in [3.05, 3.63) is 21.9 Å². The van der Waals surface area contributed by atoms with Crippen molar-refractivity contribution < 1.29 is 19.4 Å². The summed E-state index contributed by atoms with van der Waals surface area (Å²) in [6.07, 6.45) is 1.28. The predicted molar refractivity (Wildman–Crippen MR) is 66.7 cm³/mol. The second-order valence-corrected chi connectivity index (χ2v) is 5.12. The number of carboxylic acid groups (broad SMARTS) is 1. The molecule has 1 aromatic heterocycles. The minimum absolute atomic E-state index is 0.193. The second kappa shape index (κ2) is 5.49. The summed E-state index contributed by atoms with van der Waals surface area (Å²) in [4.78, 5) is 25.5. The molecule has 0 aliphatic carbocycles. The summed E-state index contributed by atoms with van der Waals surface area (Å²) >= 11 is 1.33. The highest BCUT2D eigenvalue weighted by atomic mass is 32.1. The van der Waals surface area contributed by atoms with Crippen LogP contribution in [-0.2, 0) is 16.1 Å². The molecule has 6 heteroatoms. The monoisotopic (exact) mass is 269 g/mol. The third-order valence-electron chi connectivity index (χ3n) is 3.04. The molecule has 1 aliphatic rings. The van der Waals surface area contributed by atoms with E-state index in [1.165, 1.54) is 16.2 Å². The van der Waals surface area contributed by atoms with Crippen LogP contribution in [0.4, 0.5) is 0 Å². The van der Waals surface area contributed by atoms with Crippen LogP contribution in [0.3, 0.4) is 0 Å². The molecule has 0 bridgehead atoms. The fraction of sp³-hybridized carbons (Fsp3) is 0.500. The minimum atomic E-state index is -0.925. The first-order chi connectivity index (χ1) is 8.65. The molecule has 0 unspecified atom stereocenters. The van der Waals surface area contributed by atoms with E-state index >= 15 is 0 Å². The molecule has 0 spiro atoms. The zero-order valence-electron chi connectivity index (χ0n) is 10.1. The van der Waals surface area contributed by atoms with Crippen molar-refractivity contribution in [2.45, 2.75) is 25.5 Å². The number of carboxylic acids is 1. The van der Waals surface area contributed by atoms with E-state index in [-0.39, 0.29) is 5.91 Å². The van der Waals surface area contributed by atoms with Crippen molar-refractivity contribution in [2.75, 3.05) is 13.7 Å². The number of hydrogen-bond donors (Lipinski definition) is 1. The van der Waals surface area contributed by atoms with E-state index in [0.29, 0.717) is 24.4 Å². The Morgan fingerprint density at radius 2 is 2.39 bits per heavy atom. The van der Waals surface area contributed by atoms with Gasteiger partial charge in [0.05, 0.1) is 11.5 Å². The van der Waals surface area contributed by atoms with Crippen molar-refractivity contribution in [1.29, 1.82) is 0 Å². The van der Waals surface area contributed by atoms with Gasteiger partial charge in [-0.15, -0.1) is 11.3 Å². The molecule has 5 nitrogen and oxygen atoms in total. The molecule has 2 rings (SSSR count). The van der Waals surface area contributed by atoms with Crippen LogP contribution in [0.2, 0.25) is 0 Å². The summed E-state index contributed by atoms with van der Waals surface area (Å²) in [5, 5.41) is 10.9. The summed E-state index contributed by atoms with van der Waals surface area (Å²) < 4.78 is 5.03. The van der Waals surface area contributed by atoms with Gasteiger partial charge >= 0.3 is 5.97 Å². The smallest absolute Gasteiger partial charge is 0.326 e. The van der Waals surface area contributed by atoms with Crippen molar-refractivity contribution in [2.24, 2.45) is 0 Å². The Labute approximate surface area is 109 Å². The number of aliphatic carboxylic acids is 1. The van der Waals surface area contributed by atoms with Crippen LogP contribution < -0.4 is 0 Å². The normalized spacial score (nSPS) is 19.2. The van der Waals surface area contributed by atoms with Crippen molar-refractivity contribution in [3.8, 4) is 0 Å². The van der Waals surface area contributed by atoms with E-state index in [0.717, 1.165) is 12.0 Å². The Kier molecular flexibility index (Phi) is 3.98. The molecular formula is C12H15NO4S. The lowest BCUT2D eigenvalue weighted by atomic mass is 10.2. The van der Waals surface area contributed by atoms with Gasteiger partial charge in [0.1, 0.15) is 6.04 Å². The van der Waals surface area contributed by atoms with Crippen LogP contribution in [0.15, 0.2) is 11.4 Å². The molecule has 1 atom stereocenters. The average Bonchev–Trinajstić information content (AvgIpc) is 2.96. The Morgan fingerprint density at radius 3 is 3.06 bits per heavy atom. The first kappa shape index (κ1) is 13.0. The molecule has 1 aromatic rings.